The van der Waals surface area contributed by atoms with E-state index in [2.05, 4.69) is 20.0 Å². The zero-order chi connectivity index (χ0) is 13.5. The number of nitrogens with zero attached hydrogens (tertiary/aromatic N) is 2. The fourth-order valence-corrected chi connectivity index (χ4v) is 1.67. The summed E-state index contributed by atoms with van der Waals surface area (Å²) in [7, 11) is 0.454. The van der Waals surface area contributed by atoms with Crippen LogP contribution in [0.25, 0.3) is 0 Å². The van der Waals surface area contributed by atoms with Crippen molar-refractivity contribution in [3.05, 3.63) is 18.1 Å². The van der Waals surface area contributed by atoms with Crippen LogP contribution >= 0.6 is 0 Å². The Labute approximate surface area is 109 Å². The normalized spacial score (nSPS) is 13.7. The SMILES string of the molecule is COC(=O)c1nccc(NCCC(C)S(C)=O)n1. The molecule has 1 N–H and O–H groups in total. The topological polar surface area (TPSA) is 81.2 Å². The number of carbonyl (C=O) groups excluding carboxylic acids is 1. The second-order valence-corrected chi connectivity index (χ2v) is 5.58. The van der Waals surface area contributed by atoms with Crippen LogP contribution in [0, 0.1) is 0 Å². The number of rotatable bonds is 6. The van der Waals surface area contributed by atoms with E-state index in [-0.39, 0.29) is 11.1 Å². The van der Waals surface area contributed by atoms with E-state index in [1.165, 1.54) is 13.3 Å². The lowest BCUT2D eigenvalue weighted by Gasteiger charge is -2.09. The second-order valence-electron chi connectivity index (χ2n) is 3.78. The Bertz CT molecular complexity index is 439. The summed E-state index contributed by atoms with van der Waals surface area (Å²) in [6, 6.07) is 1.67. The Morgan fingerprint density at radius 2 is 2.33 bits per heavy atom. The van der Waals surface area contributed by atoms with E-state index in [4.69, 9.17) is 0 Å². The smallest absolute Gasteiger partial charge is 0.376 e. The number of methoxy groups -OCH3 is 1. The summed E-state index contributed by atoms with van der Waals surface area (Å²) in [5.74, 6) is 0.00998. The first kappa shape index (κ1) is 14.6. The Balaban J connectivity index is 2.53. The van der Waals surface area contributed by atoms with Crippen molar-refractivity contribution in [3.8, 4) is 0 Å². The van der Waals surface area contributed by atoms with Gasteiger partial charge in [0.25, 0.3) is 0 Å². The lowest BCUT2D eigenvalue weighted by atomic mass is 10.3. The number of hydrogen-bond acceptors (Lipinski definition) is 6. The zero-order valence-electron chi connectivity index (χ0n) is 10.7. The van der Waals surface area contributed by atoms with E-state index in [1.807, 2.05) is 6.92 Å². The minimum absolute atomic E-state index is 0.0228. The van der Waals surface area contributed by atoms with E-state index >= 15 is 0 Å². The number of ether oxygens (including phenoxy) is 1. The van der Waals surface area contributed by atoms with E-state index < -0.39 is 16.8 Å². The molecule has 1 heterocycles. The Kier molecular flexibility index (Phi) is 5.70. The number of aromatic nitrogens is 2. The summed E-state index contributed by atoms with van der Waals surface area (Å²) in [4.78, 5) is 19.0. The van der Waals surface area contributed by atoms with Gasteiger partial charge in [0.1, 0.15) is 5.82 Å². The second kappa shape index (κ2) is 7.05. The Morgan fingerprint density at radius 1 is 1.61 bits per heavy atom. The van der Waals surface area contributed by atoms with Crippen LogP contribution in [-0.4, -0.2) is 45.3 Å². The molecule has 0 saturated heterocycles. The predicted molar refractivity (Wildman–Crippen MR) is 70.0 cm³/mol. The molecule has 7 heteroatoms. The maximum absolute atomic E-state index is 11.2. The van der Waals surface area contributed by atoms with E-state index in [9.17, 15) is 9.00 Å². The van der Waals surface area contributed by atoms with Gasteiger partial charge in [0, 0.05) is 35.0 Å². The molecule has 2 unspecified atom stereocenters. The molecule has 2 atom stereocenters. The van der Waals surface area contributed by atoms with Gasteiger partial charge in [0.05, 0.1) is 7.11 Å². The van der Waals surface area contributed by atoms with Crippen molar-refractivity contribution in [1.29, 1.82) is 0 Å². The van der Waals surface area contributed by atoms with Gasteiger partial charge in [-0.15, -0.1) is 0 Å². The van der Waals surface area contributed by atoms with E-state index in [0.29, 0.717) is 12.4 Å². The molecule has 0 aliphatic carbocycles. The molecule has 0 spiro atoms. The maximum atomic E-state index is 11.2. The molecule has 0 fully saturated rings. The summed E-state index contributed by atoms with van der Waals surface area (Å²) in [5.41, 5.74) is 0. The van der Waals surface area contributed by atoms with Gasteiger partial charge in [0.15, 0.2) is 0 Å². The summed E-state index contributed by atoms with van der Waals surface area (Å²) >= 11 is 0. The third-order valence-corrected chi connectivity index (χ3v) is 3.82. The van der Waals surface area contributed by atoms with Gasteiger partial charge >= 0.3 is 5.97 Å². The average Bonchev–Trinajstić information content (AvgIpc) is 2.37. The zero-order valence-corrected chi connectivity index (χ0v) is 11.5. The van der Waals surface area contributed by atoms with E-state index in [1.54, 1.807) is 12.3 Å². The van der Waals surface area contributed by atoms with Crippen LogP contribution in [0.4, 0.5) is 5.82 Å². The summed E-state index contributed by atoms with van der Waals surface area (Å²) < 4.78 is 15.7. The minimum Gasteiger partial charge on any atom is -0.463 e. The first-order valence-corrected chi connectivity index (χ1v) is 7.14. The van der Waals surface area contributed by atoms with Crippen LogP contribution in [0.15, 0.2) is 12.3 Å². The molecule has 18 heavy (non-hydrogen) atoms. The maximum Gasteiger partial charge on any atom is 0.376 e. The highest BCUT2D eigenvalue weighted by molar-refractivity contribution is 7.84. The molecule has 0 amide bonds. The van der Waals surface area contributed by atoms with Gasteiger partial charge in [-0.05, 0) is 12.5 Å². The predicted octanol–water partition coefficient (Wildman–Crippen LogP) is 0.832. The van der Waals surface area contributed by atoms with Crippen LogP contribution < -0.4 is 5.32 Å². The number of nitrogens with one attached hydrogen (secondary N) is 1. The molecule has 1 rings (SSSR count). The van der Waals surface area contributed by atoms with Crippen molar-refractivity contribution in [2.45, 2.75) is 18.6 Å². The number of carbonyl (C=O) groups is 1. The van der Waals surface area contributed by atoms with Gasteiger partial charge < -0.3 is 10.1 Å². The van der Waals surface area contributed by atoms with E-state index in [0.717, 1.165) is 6.42 Å². The summed E-state index contributed by atoms with van der Waals surface area (Å²) in [6.45, 7) is 2.57. The number of anilines is 1. The lowest BCUT2D eigenvalue weighted by molar-refractivity contribution is 0.0587. The molecular formula is C11H17N3O3S. The molecule has 0 saturated carbocycles. The fourth-order valence-electron chi connectivity index (χ4n) is 1.22. The van der Waals surface area contributed by atoms with Crippen LogP contribution in [0.3, 0.4) is 0 Å². The molecule has 100 valence electrons. The molecule has 1 aromatic heterocycles. The van der Waals surface area contributed by atoms with Gasteiger partial charge in [-0.3, -0.25) is 4.21 Å². The van der Waals surface area contributed by atoms with Gasteiger partial charge in [-0.25, -0.2) is 14.8 Å². The molecular weight excluding hydrogens is 254 g/mol. The first-order chi connectivity index (χ1) is 8.54. The molecule has 0 aromatic carbocycles. The van der Waals surface area contributed by atoms with Crippen molar-refractivity contribution in [2.75, 3.05) is 25.2 Å². The monoisotopic (exact) mass is 271 g/mol. The Hall–Kier alpha value is -1.50. The van der Waals surface area contributed by atoms with Crippen LogP contribution in [0.2, 0.25) is 0 Å². The first-order valence-electron chi connectivity index (χ1n) is 5.52. The largest absolute Gasteiger partial charge is 0.463 e. The number of esters is 1. The lowest BCUT2D eigenvalue weighted by Crippen LogP contribution is -2.16. The minimum atomic E-state index is -0.828. The van der Waals surface area contributed by atoms with Gasteiger partial charge in [-0.1, -0.05) is 6.92 Å². The molecule has 0 aliphatic heterocycles. The average molecular weight is 271 g/mol. The van der Waals surface area contributed by atoms with Crippen molar-refractivity contribution < 1.29 is 13.7 Å². The standard InChI is InChI=1S/C11H17N3O3S/c1-8(18(3)16)4-6-12-9-5-7-13-10(14-9)11(15)17-2/h5,7-8H,4,6H2,1-3H3,(H,12,13,14). The quantitative estimate of drug-likeness (QED) is 0.772. The number of hydrogen-bond donors (Lipinski definition) is 1. The highest BCUT2D eigenvalue weighted by Crippen LogP contribution is 2.05. The fraction of sp³-hybridized carbons (Fsp3) is 0.545. The van der Waals surface area contributed by atoms with Crippen molar-refractivity contribution in [2.24, 2.45) is 0 Å². The molecule has 0 bridgehead atoms. The van der Waals surface area contributed by atoms with Crippen LogP contribution in [-0.2, 0) is 15.5 Å². The van der Waals surface area contributed by atoms with Gasteiger partial charge in [0.2, 0.25) is 5.82 Å². The molecule has 1 aromatic rings. The van der Waals surface area contributed by atoms with Crippen LogP contribution in [0.1, 0.15) is 24.0 Å². The highest BCUT2D eigenvalue weighted by atomic mass is 32.2. The van der Waals surface area contributed by atoms with Crippen molar-refractivity contribution >= 4 is 22.6 Å². The third-order valence-electron chi connectivity index (χ3n) is 2.45. The summed E-state index contributed by atoms with van der Waals surface area (Å²) in [5, 5.41) is 3.18. The van der Waals surface area contributed by atoms with Crippen molar-refractivity contribution in [3.63, 3.8) is 0 Å². The van der Waals surface area contributed by atoms with Crippen molar-refractivity contribution in [1.82, 2.24) is 9.97 Å². The highest BCUT2D eigenvalue weighted by Gasteiger charge is 2.10. The van der Waals surface area contributed by atoms with Gasteiger partial charge in [-0.2, -0.15) is 0 Å². The van der Waals surface area contributed by atoms with Crippen LogP contribution in [0.5, 0.6) is 0 Å². The molecule has 0 aliphatic rings. The molecule has 0 radical (unpaired) electrons. The third kappa shape index (κ3) is 4.40. The molecule has 6 nitrogen and oxygen atoms in total. The Morgan fingerprint density at radius 3 is 2.94 bits per heavy atom. The summed E-state index contributed by atoms with van der Waals surface area (Å²) in [6.07, 6.45) is 3.94.